The summed E-state index contributed by atoms with van der Waals surface area (Å²) in [4.78, 5) is 0. The molecule has 1 aromatic heterocycles. The highest BCUT2D eigenvalue weighted by molar-refractivity contribution is 5.19. The van der Waals surface area contributed by atoms with Crippen molar-refractivity contribution in [1.82, 2.24) is 15.4 Å². The summed E-state index contributed by atoms with van der Waals surface area (Å²) in [6, 6.07) is 10.2. The second-order valence-corrected chi connectivity index (χ2v) is 2.56. The van der Waals surface area contributed by atoms with Gasteiger partial charge in [-0.25, -0.2) is 0 Å². The van der Waals surface area contributed by atoms with E-state index in [1.807, 2.05) is 18.2 Å². The molecule has 3 nitrogen and oxygen atoms in total. The van der Waals surface area contributed by atoms with Crippen LogP contribution >= 0.6 is 0 Å². The van der Waals surface area contributed by atoms with Crippen LogP contribution in [0.5, 0.6) is 0 Å². The molecule has 0 saturated carbocycles. The molecule has 2 rings (SSSR count). The van der Waals surface area contributed by atoms with Gasteiger partial charge in [0, 0.05) is 0 Å². The first kappa shape index (κ1) is 7.03. The van der Waals surface area contributed by atoms with E-state index in [0.717, 1.165) is 12.1 Å². The third-order valence-electron chi connectivity index (χ3n) is 1.64. The third-order valence-corrected chi connectivity index (χ3v) is 1.64. The standard InChI is InChI=1S/C9H8N3/c1-2-4-8(5-3-1)6-9-7-10-12-11-9/h1-5H,6H2,(H,10,11,12)/q-1. The van der Waals surface area contributed by atoms with Gasteiger partial charge in [-0.3, -0.25) is 5.10 Å². The van der Waals surface area contributed by atoms with Crippen molar-refractivity contribution >= 4 is 0 Å². The Morgan fingerprint density at radius 1 is 1.25 bits per heavy atom. The first-order valence-corrected chi connectivity index (χ1v) is 3.77. The highest BCUT2D eigenvalue weighted by atomic mass is 15.3. The van der Waals surface area contributed by atoms with Crippen LogP contribution in [0.25, 0.3) is 0 Å². The molecule has 1 heterocycles. The van der Waals surface area contributed by atoms with Crippen molar-refractivity contribution in [2.45, 2.75) is 6.42 Å². The van der Waals surface area contributed by atoms with Crippen molar-refractivity contribution in [3.05, 3.63) is 47.8 Å². The highest BCUT2D eigenvalue weighted by Gasteiger charge is 1.88. The van der Waals surface area contributed by atoms with Crippen LogP contribution in [0.2, 0.25) is 0 Å². The van der Waals surface area contributed by atoms with E-state index in [4.69, 9.17) is 0 Å². The van der Waals surface area contributed by atoms with E-state index in [2.05, 4.69) is 33.7 Å². The first-order valence-electron chi connectivity index (χ1n) is 3.77. The summed E-state index contributed by atoms with van der Waals surface area (Å²) in [7, 11) is 0. The summed E-state index contributed by atoms with van der Waals surface area (Å²) in [5, 5.41) is 9.94. The minimum absolute atomic E-state index is 0.813. The number of nitrogens with zero attached hydrogens (tertiary/aromatic N) is 2. The Hall–Kier alpha value is -1.64. The molecule has 0 aliphatic rings. The van der Waals surface area contributed by atoms with Gasteiger partial charge in [-0.2, -0.15) is 0 Å². The molecule has 0 aliphatic carbocycles. The lowest BCUT2D eigenvalue weighted by Gasteiger charge is -2.01. The lowest BCUT2D eigenvalue weighted by molar-refractivity contribution is 0.915. The fourth-order valence-corrected chi connectivity index (χ4v) is 1.07. The van der Waals surface area contributed by atoms with Crippen molar-refractivity contribution in [2.24, 2.45) is 0 Å². The fraction of sp³-hybridized carbons (Fsp3) is 0.111. The van der Waals surface area contributed by atoms with Crippen LogP contribution in [-0.2, 0) is 6.42 Å². The molecule has 0 spiro atoms. The van der Waals surface area contributed by atoms with Gasteiger partial charge in [0.2, 0.25) is 0 Å². The van der Waals surface area contributed by atoms with Crippen molar-refractivity contribution in [3.8, 4) is 0 Å². The molecule has 0 saturated heterocycles. The molecule has 12 heavy (non-hydrogen) atoms. The summed E-state index contributed by atoms with van der Waals surface area (Å²) in [6.07, 6.45) is 3.58. The Morgan fingerprint density at radius 2 is 2.08 bits per heavy atom. The number of aromatic amines is 1. The van der Waals surface area contributed by atoms with Gasteiger partial charge in [0.1, 0.15) is 0 Å². The van der Waals surface area contributed by atoms with Crippen LogP contribution in [0.3, 0.4) is 0 Å². The quantitative estimate of drug-likeness (QED) is 0.667. The third kappa shape index (κ3) is 1.50. The van der Waals surface area contributed by atoms with E-state index in [1.165, 1.54) is 5.56 Å². The number of rotatable bonds is 2. The molecule has 0 bridgehead atoms. The maximum absolute atomic E-state index is 3.59. The van der Waals surface area contributed by atoms with Crippen molar-refractivity contribution in [3.63, 3.8) is 0 Å². The number of hydrogen-bond acceptors (Lipinski definition) is 2. The fourth-order valence-electron chi connectivity index (χ4n) is 1.07. The zero-order valence-electron chi connectivity index (χ0n) is 6.49. The van der Waals surface area contributed by atoms with Crippen molar-refractivity contribution < 1.29 is 0 Å². The average molecular weight is 158 g/mol. The van der Waals surface area contributed by atoms with Crippen LogP contribution in [0.1, 0.15) is 11.3 Å². The first-order chi connectivity index (χ1) is 5.95. The van der Waals surface area contributed by atoms with Crippen LogP contribution in [0.4, 0.5) is 0 Å². The van der Waals surface area contributed by atoms with Gasteiger partial charge < -0.3 is 11.3 Å². The molecule has 3 heteroatoms. The Morgan fingerprint density at radius 3 is 2.75 bits per heavy atom. The Labute approximate surface area is 70.4 Å². The summed E-state index contributed by atoms with van der Waals surface area (Å²) in [5.41, 5.74) is 2.15. The second-order valence-electron chi connectivity index (χ2n) is 2.56. The molecule has 1 aromatic carbocycles. The lowest BCUT2D eigenvalue weighted by Crippen LogP contribution is -1.87. The van der Waals surface area contributed by atoms with Gasteiger partial charge in [-0.15, -0.1) is 10.9 Å². The monoisotopic (exact) mass is 158 g/mol. The highest BCUT2D eigenvalue weighted by Crippen LogP contribution is 2.03. The van der Waals surface area contributed by atoms with Crippen LogP contribution in [0, 0.1) is 6.20 Å². The molecular weight excluding hydrogens is 150 g/mol. The maximum Gasteiger partial charge on any atom is -0.0180 e. The van der Waals surface area contributed by atoms with E-state index >= 15 is 0 Å². The predicted octanol–water partition coefficient (Wildman–Crippen LogP) is 1.20. The molecule has 0 unspecified atom stereocenters. The summed E-state index contributed by atoms with van der Waals surface area (Å²) in [5.74, 6) is 0. The molecule has 1 N–H and O–H groups in total. The number of benzene rings is 1. The van der Waals surface area contributed by atoms with Crippen molar-refractivity contribution in [1.29, 1.82) is 0 Å². The van der Waals surface area contributed by atoms with Gasteiger partial charge in [0.25, 0.3) is 0 Å². The summed E-state index contributed by atoms with van der Waals surface area (Å²) < 4.78 is 0. The summed E-state index contributed by atoms with van der Waals surface area (Å²) in [6.45, 7) is 0. The van der Waals surface area contributed by atoms with Gasteiger partial charge in [-0.05, 0) is 12.0 Å². The van der Waals surface area contributed by atoms with E-state index in [9.17, 15) is 0 Å². The van der Waals surface area contributed by atoms with E-state index in [0.29, 0.717) is 0 Å². The normalized spacial score (nSPS) is 10.0. The summed E-state index contributed by atoms with van der Waals surface area (Å²) >= 11 is 0. The molecule has 2 aromatic rings. The van der Waals surface area contributed by atoms with Crippen LogP contribution < -0.4 is 0 Å². The van der Waals surface area contributed by atoms with E-state index in [1.54, 1.807) is 0 Å². The minimum atomic E-state index is 0.813. The molecule has 0 amide bonds. The lowest BCUT2D eigenvalue weighted by atomic mass is 10.1. The van der Waals surface area contributed by atoms with E-state index < -0.39 is 0 Å². The Bertz CT molecular complexity index is 326. The van der Waals surface area contributed by atoms with Crippen molar-refractivity contribution in [2.75, 3.05) is 0 Å². The molecule has 0 radical (unpaired) electrons. The SMILES string of the molecule is [c-]1nn[nH]c1Cc1ccccc1. The van der Waals surface area contributed by atoms with E-state index in [-0.39, 0.29) is 0 Å². The molecule has 0 atom stereocenters. The second kappa shape index (κ2) is 3.17. The molecule has 0 fully saturated rings. The zero-order chi connectivity index (χ0) is 8.23. The molecule has 0 aliphatic heterocycles. The number of H-pyrrole nitrogens is 1. The topological polar surface area (TPSA) is 41.6 Å². The van der Waals surface area contributed by atoms with Gasteiger partial charge in [0.05, 0.1) is 0 Å². The number of hydrogen-bond donors (Lipinski definition) is 1. The van der Waals surface area contributed by atoms with Gasteiger partial charge in [-0.1, -0.05) is 30.3 Å². The number of nitrogens with one attached hydrogen (secondary N) is 1. The zero-order valence-corrected chi connectivity index (χ0v) is 6.49. The van der Waals surface area contributed by atoms with Crippen LogP contribution in [-0.4, -0.2) is 15.4 Å². The van der Waals surface area contributed by atoms with Gasteiger partial charge >= 0.3 is 0 Å². The number of aromatic nitrogens is 3. The average Bonchev–Trinajstić information content (AvgIpc) is 2.59. The van der Waals surface area contributed by atoms with Crippen LogP contribution in [0.15, 0.2) is 30.3 Å². The smallest absolute Gasteiger partial charge is 0.0180 e. The molecular formula is C9H8N3-. The van der Waals surface area contributed by atoms with Gasteiger partial charge in [0.15, 0.2) is 0 Å². The molecule has 60 valence electrons. The Balaban J connectivity index is 2.15. The minimum Gasteiger partial charge on any atom is -0.352 e. The largest absolute Gasteiger partial charge is 0.352 e. The predicted molar refractivity (Wildman–Crippen MR) is 44.5 cm³/mol. The Kier molecular flexibility index (Phi) is 1.86. The maximum atomic E-state index is 3.59.